The van der Waals surface area contributed by atoms with Gasteiger partial charge in [0.25, 0.3) is 0 Å². The molecule has 4 heterocycles. The van der Waals surface area contributed by atoms with Gasteiger partial charge in [-0.05, 0) is 86.6 Å². The summed E-state index contributed by atoms with van der Waals surface area (Å²) in [4.78, 5) is 12.4. The molecule has 2 fully saturated rings. The molecule has 2 aliphatic heterocycles. The third-order valence-electron chi connectivity index (χ3n) is 8.70. The fourth-order valence-electron chi connectivity index (χ4n) is 6.48. The van der Waals surface area contributed by atoms with Crippen molar-refractivity contribution < 1.29 is 0 Å². The first-order valence-electron chi connectivity index (χ1n) is 14.1. The van der Waals surface area contributed by atoms with E-state index in [1.54, 1.807) is 6.20 Å². The van der Waals surface area contributed by atoms with E-state index in [9.17, 15) is 0 Å². The molecule has 2 aliphatic rings. The van der Waals surface area contributed by atoms with Crippen molar-refractivity contribution in [2.75, 3.05) is 51.2 Å². The lowest BCUT2D eigenvalue weighted by molar-refractivity contribution is 0.115. The number of hydrogen-bond acceptors (Lipinski definition) is 4. The summed E-state index contributed by atoms with van der Waals surface area (Å²) in [5.74, 6) is 0. The predicted octanol–water partition coefficient (Wildman–Crippen LogP) is 6.72. The van der Waals surface area contributed by atoms with Gasteiger partial charge in [-0.25, -0.2) is 4.98 Å². The first kappa shape index (κ1) is 24.6. The van der Waals surface area contributed by atoms with Crippen LogP contribution in [-0.4, -0.2) is 71.7 Å². The van der Waals surface area contributed by atoms with Crippen molar-refractivity contribution in [3.05, 3.63) is 90.1 Å². The number of piperidine rings is 1. The van der Waals surface area contributed by atoms with Crippen LogP contribution in [0.3, 0.4) is 0 Å². The monoisotopic (exact) mass is 535 g/mol. The van der Waals surface area contributed by atoms with Crippen molar-refractivity contribution >= 4 is 39.2 Å². The number of likely N-dealkylation sites (tertiary alicyclic amines) is 1. The maximum atomic E-state index is 6.74. The third kappa shape index (κ3) is 4.59. The summed E-state index contributed by atoms with van der Waals surface area (Å²) < 4.78 is 2.20. The van der Waals surface area contributed by atoms with Gasteiger partial charge in [0.1, 0.15) is 5.65 Å². The molecule has 5 nitrogen and oxygen atoms in total. The Bertz CT molecular complexity index is 1590. The molecule has 0 amide bonds. The number of aromatic nitrogens is 2. The largest absolute Gasteiger partial charge is 0.369 e. The van der Waals surface area contributed by atoms with Crippen LogP contribution in [0, 0.1) is 0 Å². The number of nitrogens with zero attached hydrogens (tertiary/aromatic N) is 5. The minimum atomic E-state index is 0.728. The van der Waals surface area contributed by atoms with E-state index in [0.717, 1.165) is 64.9 Å². The highest BCUT2D eigenvalue weighted by atomic mass is 35.5. The van der Waals surface area contributed by atoms with Gasteiger partial charge in [-0.1, -0.05) is 48.0 Å². The summed E-state index contributed by atoms with van der Waals surface area (Å²) in [5.41, 5.74) is 6.80. The van der Waals surface area contributed by atoms with Crippen LogP contribution in [0.4, 0.5) is 5.69 Å². The molecule has 39 heavy (non-hydrogen) atoms. The number of piperazine rings is 1. The summed E-state index contributed by atoms with van der Waals surface area (Å²) >= 11 is 6.74. The number of fused-ring (bicyclic) bond motifs is 3. The van der Waals surface area contributed by atoms with E-state index in [4.69, 9.17) is 16.6 Å². The van der Waals surface area contributed by atoms with Crippen molar-refractivity contribution in [1.82, 2.24) is 19.4 Å². The maximum absolute atomic E-state index is 6.74. The van der Waals surface area contributed by atoms with Crippen LogP contribution in [0.25, 0.3) is 38.8 Å². The van der Waals surface area contributed by atoms with Crippen molar-refractivity contribution in [3.63, 3.8) is 0 Å². The number of rotatable bonds is 4. The molecule has 0 atom stereocenters. The lowest BCUT2D eigenvalue weighted by atomic mass is 10.0. The van der Waals surface area contributed by atoms with Crippen LogP contribution in [0.1, 0.15) is 12.8 Å². The predicted molar refractivity (Wildman–Crippen MR) is 163 cm³/mol. The fourth-order valence-corrected chi connectivity index (χ4v) is 6.72. The zero-order valence-corrected chi connectivity index (χ0v) is 23.2. The van der Waals surface area contributed by atoms with Gasteiger partial charge >= 0.3 is 0 Å². The standard InChI is InChI=1S/C33H34ClN5/c1-36-17-14-27(15-18-36)38-21-19-37(20-22-38)26-10-7-24(8-11-26)25-9-12-31-29(23-25)32-30(34)13-16-35-33(32)39(31)28-5-3-2-4-6-28/h2-13,16,23,27H,14-15,17-22H2,1H3. The molecule has 7 rings (SSSR count). The van der Waals surface area contributed by atoms with Gasteiger partial charge in [0.05, 0.1) is 10.5 Å². The molecular formula is C33H34ClN5. The minimum absolute atomic E-state index is 0.728. The molecule has 0 saturated carbocycles. The Hall–Kier alpha value is -3.38. The van der Waals surface area contributed by atoms with Gasteiger partial charge in [-0.15, -0.1) is 0 Å². The number of benzene rings is 3. The highest BCUT2D eigenvalue weighted by molar-refractivity contribution is 6.38. The Morgan fingerprint density at radius 3 is 2.21 bits per heavy atom. The van der Waals surface area contributed by atoms with E-state index in [2.05, 4.69) is 93.0 Å². The van der Waals surface area contributed by atoms with Crippen LogP contribution < -0.4 is 4.90 Å². The van der Waals surface area contributed by atoms with Crippen LogP contribution in [0.5, 0.6) is 0 Å². The third-order valence-corrected chi connectivity index (χ3v) is 9.01. The van der Waals surface area contributed by atoms with E-state index in [1.807, 2.05) is 12.1 Å². The van der Waals surface area contributed by atoms with Crippen LogP contribution >= 0.6 is 11.6 Å². The van der Waals surface area contributed by atoms with Gasteiger partial charge in [0.2, 0.25) is 0 Å². The van der Waals surface area contributed by atoms with Crippen molar-refractivity contribution in [1.29, 1.82) is 0 Å². The van der Waals surface area contributed by atoms with E-state index in [1.165, 1.54) is 42.7 Å². The zero-order chi connectivity index (χ0) is 26.3. The lowest BCUT2D eigenvalue weighted by Crippen LogP contribution is -2.52. The number of hydrogen-bond donors (Lipinski definition) is 0. The molecule has 0 unspecified atom stereocenters. The van der Waals surface area contributed by atoms with Crippen LogP contribution in [0.15, 0.2) is 85.1 Å². The lowest BCUT2D eigenvalue weighted by Gasteiger charge is -2.42. The zero-order valence-electron chi connectivity index (χ0n) is 22.4. The molecule has 0 bridgehead atoms. The van der Waals surface area contributed by atoms with E-state index >= 15 is 0 Å². The van der Waals surface area contributed by atoms with Gasteiger partial charge in [0.15, 0.2) is 0 Å². The Balaban J connectivity index is 1.15. The molecule has 0 N–H and O–H groups in total. The molecule has 2 saturated heterocycles. The topological polar surface area (TPSA) is 27.5 Å². The number of para-hydroxylation sites is 1. The van der Waals surface area contributed by atoms with Gasteiger partial charge in [0, 0.05) is 60.6 Å². The average Bonchev–Trinajstić information content (AvgIpc) is 3.33. The van der Waals surface area contributed by atoms with E-state index < -0.39 is 0 Å². The SMILES string of the molecule is CN1CCC(N2CCN(c3ccc(-c4ccc5c(c4)c4c(Cl)ccnc4n5-c4ccccc4)cc3)CC2)CC1. The van der Waals surface area contributed by atoms with Crippen molar-refractivity contribution in [3.8, 4) is 16.8 Å². The Morgan fingerprint density at radius 1 is 0.744 bits per heavy atom. The highest BCUT2D eigenvalue weighted by Gasteiger charge is 2.26. The molecule has 6 heteroatoms. The van der Waals surface area contributed by atoms with Crippen molar-refractivity contribution in [2.45, 2.75) is 18.9 Å². The summed E-state index contributed by atoms with van der Waals surface area (Å²) in [5, 5.41) is 2.85. The molecule has 0 radical (unpaired) electrons. The smallest absolute Gasteiger partial charge is 0.147 e. The van der Waals surface area contributed by atoms with Gasteiger partial charge in [-0.2, -0.15) is 0 Å². The summed E-state index contributed by atoms with van der Waals surface area (Å²) in [6, 6.07) is 28.8. The second-order valence-electron chi connectivity index (χ2n) is 11.0. The van der Waals surface area contributed by atoms with Crippen LogP contribution in [-0.2, 0) is 0 Å². The quantitative estimate of drug-likeness (QED) is 0.255. The van der Waals surface area contributed by atoms with E-state index in [0.29, 0.717) is 0 Å². The normalized spacial score (nSPS) is 17.8. The fraction of sp³-hybridized carbons (Fsp3) is 0.303. The summed E-state index contributed by atoms with van der Waals surface area (Å²) in [7, 11) is 2.24. The summed E-state index contributed by atoms with van der Waals surface area (Å²) in [6.07, 6.45) is 4.40. The van der Waals surface area contributed by atoms with E-state index in [-0.39, 0.29) is 0 Å². The number of pyridine rings is 1. The number of halogens is 1. The minimum Gasteiger partial charge on any atom is -0.369 e. The van der Waals surface area contributed by atoms with Crippen LogP contribution in [0.2, 0.25) is 5.02 Å². The van der Waals surface area contributed by atoms with Gasteiger partial charge < -0.3 is 9.80 Å². The number of anilines is 1. The second kappa shape index (κ2) is 10.3. The molecule has 5 aromatic rings. The molecule has 198 valence electrons. The maximum Gasteiger partial charge on any atom is 0.147 e. The van der Waals surface area contributed by atoms with Crippen molar-refractivity contribution in [2.24, 2.45) is 0 Å². The Morgan fingerprint density at radius 2 is 1.46 bits per heavy atom. The molecule has 2 aromatic heterocycles. The first-order valence-corrected chi connectivity index (χ1v) is 14.5. The second-order valence-corrected chi connectivity index (χ2v) is 11.4. The molecular weight excluding hydrogens is 502 g/mol. The Kier molecular flexibility index (Phi) is 6.51. The molecule has 0 spiro atoms. The average molecular weight is 536 g/mol. The first-order chi connectivity index (χ1) is 19.2. The Labute approximate surface area is 235 Å². The summed E-state index contributed by atoms with van der Waals surface area (Å²) in [6.45, 7) is 6.98. The molecule has 0 aliphatic carbocycles. The highest BCUT2D eigenvalue weighted by Crippen LogP contribution is 2.37. The molecule has 3 aromatic carbocycles. The van der Waals surface area contributed by atoms with Gasteiger partial charge in [-0.3, -0.25) is 9.47 Å².